The Bertz CT molecular complexity index is 385. The van der Waals surface area contributed by atoms with E-state index in [0.717, 1.165) is 25.1 Å². The van der Waals surface area contributed by atoms with Gasteiger partial charge in [0.05, 0.1) is 5.54 Å². The van der Waals surface area contributed by atoms with Crippen LogP contribution in [0.3, 0.4) is 0 Å². The van der Waals surface area contributed by atoms with Crippen LogP contribution in [0.25, 0.3) is 0 Å². The van der Waals surface area contributed by atoms with Gasteiger partial charge in [-0.15, -0.1) is 0 Å². The van der Waals surface area contributed by atoms with Crippen LogP contribution in [-0.4, -0.2) is 32.1 Å². The Hall–Kier alpha value is -1.00. The van der Waals surface area contributed by atoms with E-state index in [1.807, 2.05) is 14.1 Å². The van der Waals surface area contributed by atoms with Crippen molar-refractivity contribution in [3.63, 3.8) is 0 Å². The molecule has 0 radical (unpaired) electrons. The fourth-order valence-electron chi connectivity index (χ4n) is 2.35. The Labute approximate surface area is 94.3 Å². The fourth-order valence-corrected chi connectivity index (χ4v) is 2.35. The largest absolute Gasteiger partial charge is 0.314 e. The van der Waals surface area contributed by atoms with Gasteiger partial charge in [-0.2, -0.15) is 0 Å². The SMILES string of the molecule is CN(C)C1(c2ccc(F)c(F)c2)CCNC1. The van der Waals surface area contributed by atoms with E-state index < -0.39 is 11.6 Å². The zero-order chi connectivity index (χ0) is 11.8. The Morgan fingerprint density at radius 2 is 2.00 bits per heavy atom. The zero-order valence-electron chi connectivity index (χ0n) is 9.56. The minimum atomic E-state index is -0.788. The summed E-state index contributed by atoms with van der Waals surface area (Å²) in [5.41, 5.74) is 0.621. The third-order valence-electron chi connectivity index (χ3n) is 3.45. The summed E-state index contributed by atoms with van der Waals surface area (Å²) in [4.78, 5) is 2.07. The maximum atomic E-state index is 13.3. The van der Waals surface area contributed by atoms with Crippen LogP contribution in [0.1, 0.15) is 12.0 Å². The Morgan fingerprint density at radius 1 is 1.25 bits per heavy atom. The van der Waals surface area contributed by atoms with Crippen molar-refractivity contribution in [1.29, 1.82) is 0 Å². The van der Waals surface area contributed by atoms with Crippen LogP contribution >= 0.6 is 0 Å². The van der Waals surface area contributed by atoms with E-state index in [2.05, 4.69) is 10.2 Å². The van der Waals surface area contributed by atoms with Crippen molar-refractivity contribution in [2.75, 3.05) is 27.2 Å². The van der Waals surface area contributed by atoms with Crippen molar-refractivity contribution in [3.8, 4) is 0 Å². The average Bonchev–Trinajstić information content (AvgIpc) is 2.72. The first-order valence-electron chi connectivity index (χ1n) is 5.40. The first-order chi connectivity index (χ1) is 7.56. The van der Waals surface area contributed by atoms with Gasteiger partial charge in [0.15, 0.2) is 11.6 Å². The fraction of sp³-hybridized carbons (Fsp3) is 0.500. The minimum Gasteiger partial charge on any atom is -0.314 e. The molecule has 1 saturated heterocycles. The minimum absolute atomic E-state index is 0.214. The van der Waals surface area contributed by atoms with Gasteiger partial charge in [-0.05, 0) is 44.8 Å². The normalized spacial score (nSPS) is 25.3. The van der Waals surface area contributed by atoms with Gasteiger partial charge in [-0.3, -0.25) is 4.90 Å². The van der Waals surface area contributed by atoms with Gasteiger partial charge >= 0.3 is 0 Å². The van der Waals surface area contributed by atoms with Crippen LogP contribution in [0.2, 0.25) is 0 Å². The maximum absolute atomic E-state index is 13.3. The molecule has 1 aromatic carbocycles. The molecule has 1 heterocycles. The number of halogens is 2. The first kappa shape index (κ1) is 11.5. The zero-order valence-corrected chi connectivity index (χ0v) is 9.56. The van der Waals surface area contributed by atoms with Gasteiger partial charge < -0.3 is 5.32 Å². The van der Waals surface area contributed by atoms with Crippen LogP contribution in [0, 0.1) is 11.6 Å². The predicted molar refractivity (Wildman–Crippen MR) is 59.2 cm³/mol. The Kier molecular flexibility index (Phi) is 2.95. The molecule has 1 unspecified atom stereocenters. The lowest BCUT2D eigenvalue weighted by Crippen LogP contribution is -2.43. The van der Waals surface area contributed by atoms with Crippen molar-refractivity contribution < 1.29 is 8.78 Å². The molecule has 1 N–H and O–H groups in total. The van der Waals surface area contributed by atoms with Crippen LogP contribution in [0.5, 0.6) is 0 Å². The number of hydrogen-bond donors (Lipinski definition) is 1. The third kappa shape index (κ3) is 1.72. The molecule has 0 aromatic heterocycles. The first-order valence-corrected chi connectivity index (χ1v) is 5.40. The summed E-state index contributed by atoms with van der Waals surface area (Å²) in [6.45, 7) is 1.67. The number of hydrogen-bond acceptors (Lipinski definition) is 2. The van der Waals surface area contributed by atoms with Gasteiger partial charge in [0, 0.05) is 6.54 Å². The molecular weight excluding hydrogens is 210 g/mol. The molecule has 0 aliphatic carbocycles. The molecule has 1 aliphatic heterocycles. The van der Waals surface area contributed by atoms with E-state index in [0.29, 0.717) is 0 Å². The molecule has 0 spiro atoms. The van der Waals surface area contributed by atoms with Crippen molar-refractivity contribution in [1.82, 2.24) is 10.2 Å². The highest BCUT2D eigenvalue weighted by Crippen LogP contribution is 2.33. The van der Waals surface area contributed by atoms with Crippen molar-refractivity contribution >= 4 is 0 Å². The summed E-state index contributed by atoms with van der Waals surface area (Å²) in [5.74, 6) is -1.56. The molecule has 0 bridgehead atoms. The van der Waals surface area contributed by atoms with Crippen LogP contribution in [0.15, 0.2) is 18.2 Å². The molecule has 1 aromatic rings. The van der Waals surface area contributed by atoms with E-state index in [1.54, 1.807) is 6.07 Å². The lowest BCUT2D eigenvalue weighted by Gasteiger charge is -2.36. The van der Waals surface area contributed by atoms with Gasteiger partial charge in [0.25, 0.3) is 0 Å². The summed E-state index contributed by atoms with van der Waals surface area (Å²) >= 11 is 0. The van der Waals surface area contributed by atoms with E-state index in [-0.39, 0.29) is 5.54 Å². The van der Waals surface area contributed by atoms with E-state index in [9.17, 15) is 8.78 Å². The number of rotatable bonds is 2. The lowest BCUT2D eigenvalue weighted by molar-refractivity contribution is 0.173. The van der Waals surface area contributed by atoms with E-state index >= 15 is 0 Å². The molecule has 1 fully saturated rings. The quantitative estimate of drug-likeness (QED) is 0.826. The van der Waals surface area contributed by atoms with Gasteiger partial charge in [-0.25, -0.2) is 8.78 Å². The molecule has 2 nitrogen and oxygen atoms in total. The highest BCUT2D eigenvalue weighted by molar-refractivity contribution is 5.28. The third-order valence-corrected chi connectivity index (χ3v) is 3.45. The van der Waals surface area contributed by atoms with Crippen LogP contribution < -0.4 is 5.32 Å². The highest BCUT2D eigenvalue weighted by atomic mass is 19.2. The topological polar surface area (TPSA) is 15.3 Å². The summed E-state index contributed by atoms with van der Waals surface area (Å²) < 4.78 is 26.2. The molecular formula is C12H16F2N2. The second kappa shape index (κ2) is 4.11. The summed E-state index contributed by atoms with van der Waals surface area (Å²) in [6, 6.07) is 4.18. The molecule has 1 atom stereocenters. The van der Waals surface area contributed by atoms with Gasteiger partial charge in [0.2, 0.25) is 0 Å². The van der Waals surface area contributed by atoms with Crippen molar-refractivity contribution in [2.45, 2.75) is 12.0 Å². The second-order valence-electron chi connectivity index (χ2n) is 4.48. The predicted octanol–water partition coefficient (Wildman–Crippen LogP) is 1.71. The van der Waals surface area contributed by atoms with Crippen LogP contribution in [-0.2, 0) is 5.54 Å². The maximum Gasteiger partial charge on any atom is 0.159 e. The number of benzene rings is 1. The van der Waals surface area contributed by atoms with Crippen molar-refractivity contribution in [2.24, 2.45) is 0 Å². The molecule has 0 amide bonds. The second-order valence-corrected chi connectivity index (χ2v) is 4.48. The van der Waals surface area contributed by atoms with Crippen LogP contribution in [0.4, 0.5) is 8.78 Å². The summed E-state index contributed by atoms with van der Waals surface area (Å²) in [6.07, 6.45) is 0.908. The highest BCUT2D eigenvalue weighted by Gasteiger charge is 2.38. The smallest absolute Gasteiger partial charge is 0.159 e. The number of likely N-dealkylation sites (N-methyl/N-ethyl adjacent to an activating group) is 1. The molecule has 88 valence electrons. The standard InChI is InChI=1S/C12H16F2N2/c1-16(2)12(5-6-15-8-12)9-3-4-10(13)11(14)7-9/h3-4,7,15H,5-6,8H2,1-2H3. The Morgan fingerprint density at radius 3 is 2.50 bits per heavy atom. The van der Waals surface area contributed by atoms with E-state index in [4.69, 9.17) is 0 Å². The van der Waals surface area contributed by atoms with Gasteiger partial charge in [0.1, 0.15) is 0 Å². The van der Waals surface area contributed by atoms with Gasteiger partial charge in [-0.1, -0.05) is 6.07 Å². The molecule has 0 saturated carbocycles. The molecule has 4 heteroatoms. The monoisotopic (exact) mass is 226 g/mol. The lowest BCUT2D eigenvalue weighted by atomic mass is 9.87. The summed E-state index contributed by atoms with van der Waals surface area (Å²) in [7, 11) is 3.93. The molecule has 1 aliphatic rings. The molecule has 16 heavy (non-hydrogen) atoms. The molecule has 2 rings (SSSR count). The number of nitrogens with zero attached hydrogens (tertiary/aromatic N) is 1. The van der Waals surface area contributed by atoms with E-state index in [1.165, 1.54) is 12.1 Å². The summed E-state index contributed by atoms with van der Waals surface area (Å²) in [5, 5.41) is 3.27. The average molecular weight is 226 g/mol. The van der Waals surface area contributed by atoms with Crippen molar-refractivity contribution in [3.05, 3.63) is 35.4 Å². The Balaban J connectivity index is 2.43. The number of nitrogens with one attached hydrogen (secondary N) is 1.